The van der Waals surface area contributed by atoms with Crippen LogP contribution in [-0.4, -0.2) is 25.1 Å². The number of benzene rings is 2. The van der Waals surface area contributed by atoms with Crippen LogP contribution < -0.4 is 9.91 Å². The predicted molar refractivity (Wildman–Crippen MR) is 98.0 cm³/mol. The Morgan fingerprint density at radius 1 is 1.12 bits per heavy atom. The van der Waals surface area contributed by atoms with Crippen LogP contribution in [0.3, 0.4) is 0 Å². The minimum Gasteiger partial charge on any atom is -0.378 e. The van der Waals surface area contributed by atoms with E-state index in [9.17, 15) is 10.1 Å². The van der Waals surface area contributed by atoms with Crippen molar-refractivity contribution in [1.82, 2.24) is 0 Å². The van der Waals surface area contributed by atoms with Crippen LogP contribution in [0, 0.1) is 10.1 Å². The number of nitrogens with zero attached hydrogens (tertiary/aromatic N) is 5. The van der Waals surface area contributed by atoms with E-state index in [1.165, 1.54) is 12.1 Å². The Bertz CT molecular complexity index is 771. The molecule has 130 valence electrons. The van der Waals surface area contributed by atoms with Gasteiger partial charge in [-0.3, -0.25) is 10.1 Å². The molecule has 7 nitrogen and oxygen atoms in total. The molecule has 0 amide bonds. The summed E-state index contributed by atoms with van der Waals surface area (Å²) in [5, 5.41) is 21.5. The van der Waals surface area contributed by atoms with Crippen molar-refractivity contribution in [2.45, 2.75) is 25.4 Å². The van der Waals surface area contributed by atoms with Gasteiger partial charge < -0.3 is 4.90 Å². The first-order valence-electron chi connectivity index (χ1n) is 8.23. The summed E-state index contributed by atoms with van der Waals surface area (Å²) in [6.07, 6.45) is 0.845. The molecule has 0 radical (unpaired) electrons. The normalized spacial score (nSPS) is 19.2. The summed E-state index contributed by atoms with van der Waals surface area (Å²) in [5.41, 5.74) is 3.12. The minimum atomic E-state index is -0.387. The number of rotatable bonds is 5. The SMILES string of the molecule is CCC1N=NN(c2ccc(N(C)C)cc2)C1c1ccc([N+](=O)[O-])cc1. The molecule has 1 aliphatic rings. The maximum absolute atomic E-state index is 10.9. The van der Waals surface area contributed by atoms with Crippen molar-refractivity contribution in [1.29, 1.82) is 0 Å². The van der Waals surface area contributed by atoms with Gasteiger partial charge in [0.15, 0.2) is 0 Å². The molecule has 2 atom stereocenters. The predicted octanol–water partition coefficient (Wildman–Crippen LogP) is 4.37. The van der Waals surface area contributed by atoms with E-state index in [1.807, 2.05) is 48.3 Å². The number of nitro groups is 1. The zero-order chi connectivity index (χ0) is 18.0. The Morgan fingerprint density at radius 2 is 1.76 bits per heavy atom. The summed E-state index contributed by atoms with van der Waals surface area (Å²) < 4.78 is 0. The second-order valence-electron chi connectivity index (χ2n) is 6.23. The molecule has 0 spiro atoms. The van der Waals surface area contributed by atoms with Crippen LogP contribution >= 0.6 is 0 Å². The monoisotopic (exact) mass is 339 g/mol. The standard InChI is InChI=1S/C18H21N5O2/c1-4-17-18(13-5-7-16(8-6-13)23(24)25)22(20-19-17)15-11-9-14(10-12-15)21(2)3/h5-12,17-18H,4H2,1-3H3. The van der Waals surface area contributed by atoms with Gasteiger partial charge in [-0.25, -0.2) is 5.01 Å². The zero-order valence-electron chi connectivity index (χ0n) is 14.5. The van der Waals surface area contributed by atoms with Crippen LogP contribution in [0.15, 0.2) is 58.9 Å². The fourth-order valence-corrected chi connectivity index (χ4v) is 2.98. The fraction of sp³-hybridized carbons (Fsp3) is 0.333. The van der Waals surface area contributed by atoms with Crippen molar-refractivity contribution in [3.63, 3.8) is 0 Å². The second-order valence-corrected chi connectivity index (χ2v) is 6.23. The van der Waals surface area contributed by atoms with Gasteiger partial charge in [0.05, 0.1) is 16.7 Å². The van der Waals surface area contributed by atoms with Crippen molar-refractivity contribution in [3.8, 4) is 0 Å². The lowest BCUT2D eigenvalue weighted by atomic mass is 9.97. The molecule has 0 aliphatic carbocycles. The molecule has 2 unspecified atom stereocenters. The van der Waals surface area contributed by atoms with E-state index in [1.54, 1.807) is 12.1 Å². The molecule has 0 fully saturated rings. The molecule has 25 heavy (non-hydrogen) atoms. The maximum atomic E-state index is 10.9. The van der Waals surface area contributed by atoms with Crippen LogP contribution in [0.2, 0.25) is 0 Å². The van der Waals surface area contributed by atoms with Gasteiger partial charge in [0.2, 0.25) is 0 Å². The van der Waals surface area contributed by atoms with Crippen LogP contribution in [0.25, 0.3) is 0 Å². The van der Waals surface area contributed by atoms with Crippen LogP contribution in [0.5, 0.6) is 0 Å². The molecule has 0 N–H and O–H groups in total. The number of non-ortho nitro benzene ring substituents is 1. The Balaban J connectivity index is 1.92. The van der Waals surface area contributed by atoms with E-state index in [0.29, 0.717) is 0 Å². The van der Waals surface area contributed by atoms with Crippen LogP contribution in [-0.2, 0) is 0 Å². The third-order valence-electron chi connectivity index (χ3n) is 4.42. The third-order valence-corrected chi connectivity index (χ3v) is 4.42. The molecule has 0 bridgehead atoms. The van der Waals surface area contributed by atoms with Crippen molar-refractivity contribution in [2.75, 3.05) is 24.0 Å². The fourth-order valence-electron chi connectivity index (χ4n) is 2.98. The molecule has 3 rings (SSSR count). The van der Waals surface area contributed by atoms with Gasteiger partial charge >= 0.3 is 0 Å². The molecule has 2 aromatic carbocycles. The highest BCUT2D eigenvalue weighted by Crippen LogP contribution is 2.38. The number of nitro benzene ring substituents is 1. The van der Waals surface area contributed by atoms with Gasteiger partial charge in [-0.1, -0.05) is 12.1 Å². The lowest BCUT2D eigenvalue weighted by Crippen LogP contribution is -2.26. The number of hydrogen-bond acceptors (Lipinski definition) is 6. The molecule has 1 aliphatic heterocycles. The van der Waals surface area contributed by atoms with Gasteiger partial charge in [0, 0.05) is 31.9 Å². The van der Waals surface area contributed by atoms with Crippen molar-refractivity contribution in [2.24, 2.45) is 10.3 Å². The van der Waals surface area contributed by atoms with Crippen LogP contribution in [0.4, 0.5) is 17.1 Å². The molecule has 0 saturated heterocycles. The van der Waals surface area contributed by atoms with Crippen molar-refractivity contribution >= 4 is 17.1 Å². The molecule has 0 saturated carbocycles. The Labute approximate surface area is 146 Å². The Kier molecular flexibility index (Phi) is 4.65. The third kappa shape index (κ3) is 3.31. The molecular weight excluding hydrogens is 318 g/mol. The second kappa shape index (κ2) is 6.88. The lowest BCUT2D eigenvalue weighted by Gasteiger charge is -2.26. The molecule has 0 aromatic heterocycles. The average molecular weight is 339 g/mol. The molecule has 1 heterocycles. The smallest absolute Gasteiger partial charge is 0.269 e. The van der Waals surface area contributed by atoms with E-state index in [4.69, 9.17) is 0 Å². The summed E-state index contributed by atoms with van der Waals surface area (Å²) in [6.45, 7) is 2.07. The van der Waals surface area contributed by atoms with Gasteiger partial charge in [-0.15, -0.1) is 0 Å². The largest absolute Gasteiger partial charge is 0.378 e. The van der Waals surface area contributed by atoms with Gasteiger partial charge in [0.25, 0.3) is 5.69 Å². The average Bonchev–Trinajstić information content (AvgIpc) is 3.05. The van der Waals surface area contributed by atoms with E-state index in [2.05, 4.69) is 17.3 Å². The van der Waals surface area contributed by atoms with Crippen molar-refractivity contribution in [3.05, 3.63) is 64.2 Å². The topological polar surface area (TPSA) is 74.3 Å². The minimum absolute atomic E-state index is 0.0231. The van der Waals surface area contributed by atoms with E-state index < -0.39 is 0 Å². The van der Waals surface area contributed by atoms with Crippen LogP contribution in [0.1, 0.15) is 24.9 Å². The first kappa shape index (κ1) is 16.9. The zero-order valence-corrected chi connectivity index (χ0v) is 14.5. The quantitative estimate of drug-likeness (QED) is 0.599. The molecule has 2 aromatic rings. The Morgan fingerprint density at radius 3 is 2.28 bits per heavy atom. The summed E-state index contributed by atoms with van der Waals surface area (Å²) in [4.78, 5) is 12.5. The lowest BCUT2D eigenvalue weighted by molar-refractivity contribution is -0.384. The van der Waals surface area contributed by atoms with E-state index in [0.717, 1.165) is 23.4 Å². The van der Waals surface area contributed by atoms with Gasteiger partial charge in [0.1, 0.15) is 6.04 Å². The summed E-state index contributed by atoms with van der Waals surface area (Å²) in [6, 6.07) is 14.7. The summed E-state index contributed by atoms with van der Waals surface area (Å²) in [5.74, 6) is 0. The molecular formula is C18H21N5O2. The highest BCUT2D eigenvalue weighted by atomic mass is 16.6. The number of anilines is 2. The summed E-state index contributed by atoms with van der Waals surface area (Å²) >= 11 is 0. The number of hydrogen-bond donors (Lipinski definition) is 0. The first-order chi connectivity index (χ1) is 12.0. The van der Waals surface area contributed by atoms with Gasteiger partial charge in [-0.05, 0) is 48.4 Å². The highest BCUT2D eigenvalue weighted by molar-refractivity contribution is 5.57. The summed E-state index contributed by atoms with van der Waals surface area (Å²) in [7, 11) is 3.99. The van der Waals surface area contributed by atoms with Crippen molar-refractivity contribution < 1.29 is 4.92 Å². The first-order valence-corrected chi connectivity index (χ1v) is 8.23. The van der Waals surface area contributed by atoms with E-state index >= 15 is 0 Å². The maximum Gasteiger partial charge on any atom is 0.269 e. The van der Waals surface area contributed by atoms with E-state index in [-0.39, 0.29) is 22.7 Å². The van der Waals surface area contributed by atoms with Gasteiger partial charge in [-0.2, -0.15) is 5.11 Å². The Hall–Kier alpha value is -2.96. The molecule has 7 heteroatoms. The highest BCUT2D eigenvalue weighted by Gasteiger charge is 2.34.